The Morgan fingerprint density at radius 1 is 1.09 bits per heavy atom. The number of sulfone groups is 1. The molecule has 10 atom stereocenters. The number of nitrogens with two attached hydrogens (primary N) is 1. The lowest BCUT2D eigenvalue weighted by Gasteiger charge is -2.38. The van der Waals surface area contributed by atoms with Gasteiger partial charge in [0.05, 0.1) is 72.7 Å². The predicted octanol–water partition coefficient (Wildman–Crippen LogP) is 4.56. The van der Waals surface area contributed by atoms with Gasteiger partial charge in [-0.15, -0.1) is 6.58 Å². The van der Waals surface area contributed by atoms with E-state index in [0.29, 0.717) is 19.6 Å². The second-order valence-corrected chi connectivity index (χ2v) is 14.9. The third-order valence-electron chi connectivity index (χ3n) is 9.45. The van der Waals surface area contributed by atoms with Crippen LogP contribution in [0.5, 0.6) is 0 Å². The molecule has 1 aromatic rings. The summed E-state index contributed by atoms with van der Waals surface area (Å²) in [7, 11) is -2.08. The van der Waals surface area contributed by atoms with Crippen LogP contribution in [0.4, 0.5) is 0 Å². The van der Waals surface area contributed by atoms with Crippen LogP contribution in [0.2, 0.25) is 0 Å². The predicted molar refractivity (Wildman–Crippen MR) is 179 cm³/mol. The Hall–Kier alpha value is -2.15. The summed E-state index contributed by atoms with van der Waals surface area (Å²) in [5.74, 6) is -0.395. The first kappa shape index (κ1) is 36.7. The molecule has 0 bridgehead atoms. The average molecular weight is 660 g/mol. The summed E-state index contributed by atoms with van der Waals surface area (Å²) in [4.78, 5) is 0.260. The number of methoxy groups -OCH3 is 1. The molecule has 4 rings (SSSR count). The molecular weight excluding hydrogens is 606 g/mol. The van der Waals surface area contributed by atoms with Crippen molar-refractivity contribution in [2.45, 2.75) is 99.2 Å². The monoisotopic (exact) mass is 659 g/mol. The SMILES string of the molecule is C=CCOC/C=C/[C@H]1CC(=C)C(CCC2C[C@@H](C)C(=C)C(C[C@@H]3OC(C[C@H](O)CN)[C@H](OC)C3CS(=O)(=O)c3ccccc3)O2)O1. The summed E-state index contributed by atoms with van der Waals surface area (Å²) in [6, 6.07) is 8.44. The van der Waals surface area contributed by atoms with E-state index in [-0.39, 0.29) is 53.9 Å². The van der Waals surface area contributed by atoms with Gasteiger partial charge >= 0.3 is 0 Å². The Labute approximate surface area is 275 Å². The molecule has 3 aliphatic rings. The molecular formula is C36H53NO8S. The number of hydrogen-bond donors (Lipinski definition) is 2. The van der Waals surface area contributed by atoms with Gasteiger partial charge in [0.25, 0.3) is 0 Å². The highest BCUT2D eigenvalue weighted by molar-refractivity contribution is 7.91. The van der Waals surface area contributed by atoms with Crippen molar-refractivity contribution in [2.75, 3.05) is 32.6 Å². The van der Waals surface area contributed by atoms with Crippen LogP contribution in [0.25, 0.3) is 0 Å². The first-order valence-corrected chi connectivity index (χ1v) is 18.1. The highest BCUT2D eigenvalue weighted by atomic mass is 32.2. The highest BCUT2D eigenvalue weighted by Gasteiger charge is 2.48. The van der Waals surface area contributed by atoms with Gasteiger partial charge in [0.15, 0.2) is 9.84 Å². The number of aliphatic hydroxyl groups is 1. The van der Waals surface area contributed by atoms with Gasteiger partial charge < -0.3 is 34.5 Å². The van der Waals surface area contributed by atoms with Crippen LogP contribution in [0.1, 0.15) is 45.4 Å². The van der Waals surface area contributed by atoms with Crippen LogP contribution in [0, 0.1) is 11.8 Å². The fourth-order valence-electron chi connectivity index (χ4n) is 6.92. The Bertz CT molecular complexity index is 1280. The molecule has 256 valence electrons. The van der Waals surface area contributed by atoms with Crippen LogP contribution >= 0.6 is 0 Å². The molecule has 9 nitrogen and oxygen atoms in total. The van der Waals surface area contributed by atoms with E-state index in [1.54, 1.807) is 43.5 Å². The maximum Gasteiger partial charge on any atom is 0.178 e. The standard InChI is InChI=1S/C36H53NO8S/c1-6-16-42-17-10-11-28-19-25(3)32(43-28)15-14-29-18-24(2)26(4)33(44-29)21-34-31(23-46(39,40)30-12-8-7-9-13-30)36(41-5)35(45-34)20-27(38)22-37/h6-13,24,27-29,31-36,38H,1,3-4,14-23,37H2,2,5H3/b11-10+/t24-,27+,28+,29?,31?,32?,33?,34+,35?,36-/m1/s1. The largest absolute Gasteiger partial charge is 0.392 e. The fourth-order valence-corrected chi connectivity index (χ4v) is 8.59. The summed E-state index contributed by atoms with van der Waals surface area (Å²) < 4.78 is 57.8. The van der Waals surface area contributed by atoms with Crippen molar-refractivity contribution < 1.29 is 37.2 Å². The summed E-state index contributed by atoms with van der Waals surface area (Å²) in [6.45, 7) is 15.6. The fraction of sp³-hybridized carbons (Fsp3) is 0.611. The Morgan fingerprint density at radius 2 is 1.85 bits per heavy atom. The van der Waals surface area contributed by atoms with Crippen molar-refractivity contribution in [1.29, 1.82) is 0 Å². The van der Waals surface area contributed by atoms with Crippen molar-refractivity contribution in [3.05, 3.63) is 79.4 Å². The van der Waals surface area contributed by atoms with Crippen molar-refractivity contribution >= 4 is 9.84 Å². The van der Waals surface area contributed by atoms with Crippen molar-refractivity contribution in [3.63, 3.8) is 0 Å². The van der Waals surface area contributed by atoms with Gasteiger partial charge in [-0.05, 0) is 48.5 Å². The Kier molecular flexibility index (Phi) is 13.8. The lowest BCUT2D eigenvalue weighted by atomic mass is 9.83. The first-order valence-electron chi connectivity index (χ1n) is 16.4. The normalized spacial score (nSPS) is 32.7. The van der Waals surface area contributed by atoms with Crippen LogP contribution in [-0.2, 0) is 33.5 Å². The number of aliphatic hydroxyl groups excluding tert-OH is 1. The minimum Gasteiger partial charge on any atom is -0.392 e. The molecule has 3 fully saturated rings. The maximum absolute atomic E-state index is 13.5. The summed E-state index contributed by atoms with van der Waals surface area (Å²) >= 11 is 0. The van der Waals surface area contributed by atoms with E-state index in [9.17, 15) is 13.5 Å². The molecule has 3 saturated heterocycles. The molecule has 46 heavy (non-hydrogen) atoms. The molecule has 0 saturated carbocycles. The number of ether oxygens (including phenoxy) is 5. The van der Waals surface area contributed by atoms with Gasteiger partial charge in [0.1, 0.15) is 0 Å². The number of benzene rings is 1. The zero-order valence-corrected chi connectivity index (χ0v) is 28.2. The van der Waals surface area contributed by atoms with E-state index in [4.69, 9.17) is 29.4 Å². The van der Waals surface area contributed by atoms with E-state index in [2.05, 4.69) is 26.7 Å². The molecule has 1 aromatic carbocycles. The van der Waals surface area contributed by atoms with Crippen LogP contribution in [-0.4, -0.2) is 95.0 Å². The minimum atomic E-state index is -3.64. The van der Waals surface area contributed by atoms with Gasteiger partial charge in [0, 0.05) is 38.8 Å². The Morgan fingerprint density at radius 3 is 2.54 bits per heavy atom. The summed E-state index contributed by atoms with van der Waals surface area (Å²) in [5.41, 5.74) is 7.78. The van der Waals surface area contributed by atoms with E-state index >= 15 is 0 Å². The maximum atomic E-state index is 13.5. The van der Waals surface area contributed by atoms with Gasteiger partial charge in [-0.1, -0.05) is 56.5 Å². The molecule has 5 unspecified atom stereocenters. The molecule has 3 N–H and O–H groups in total. The zero-order valence-electron chi connectivity index (χ0n) is 27.4. The average Bonchev–Trinajstić information content (AvgIpc) is 3.55. The van der Waals surface area contributed by atoms with Crippen LogP contribution in [0.15, 0.2) is 84.3 Å². The summed E-state index contributed by atoms with van der Waals surface area (Å²) in [6.07, 6.45) is 7.02. The lowest BCUT2D eigenvalue weighted by Crippen LogP contribution is -2.40. The summed E-state index contributed by atoms with van der Waals surface area (Å²) in [5, 5.41) is 10.4. The van der Waals surface area contributed by atoms with Gasteiger partial charge in [-0.3, -0.25) is 0 Å². The lowest BCUT2D eigenvalue weighted by molar-refractivity contribution is -0.0766. The number of hydrogen-bond acceptors (Lipinski definition) is 9. The molecule has 0 aromatic heterocycles. The molecule has 10 heteroatoms. The second-order valence-electron chi connectivity index (χ2n) is 12.8. The van der Waals surface area contributed by atoms with Crippen LogP contribution in [0.3, 0.4) is 0 Å². The molecule has 0 spiro atoms. The smallest absolute Gasteiger partial charge is 0.178 e. The van der Waals surface area contributed by atoms with Crippen molar-refractivity contribution in [1.82, 2.24) is 0 Å². The zero-order chi connectivity index (χ0) is 33.3. The van der Waals surface area contributed by atoms with Crippen molar-refractivity contribution in [2.24, 2.45) is 17.6 Å². The van der Waals surface area contributed by atoms with Crippen molar-refractivity contribution in [3.8, 4) is 0 Å². The first-order chi connectivity index (χ1) is 22.1. The third kappa shape index (κ3) is 9.70. The van der Waals surface area contributed by atoms with E-state index in [1.165, 1.54) is 0 Å². The third-order valence-corrected chi connectivity index (χ3v) is 11.3. The van der Waals surface area contributed by atoms with E-state index < -0.39 is 40.2 Å². The number of rotatable bonds is 17. The minimum absolute atomic E-state index is 0.00775. The quantitative estimate of drug-likeness (QED) is 0.183. The van der Waals surface area contributed by atoms with E-state index in [1.807, 2.05) is 12.2 Å². The molecule has 0 aliphatic carbocycles. The molecule has 3 heterocycles. The van der Waals surface area contributed by atoms with Gasteiger partial charge in [0.2, 0.25) is 0 Å². The molecule has 0 radical (unpaired) electrons. The molecule has 0 amide bonds. The Balaban J connectivity index is 1.42. The van der Waals surface area contributed by atoms with Gasteiger partial charge in [-0.25, -0.2) is 8.42 Å². The van der Waals surface area contributed by atoms with E-state index in [0.717, 1.165) is 36.8 Å². The second kappa shape index (κ2) is 17.3. The van der Waals surface area contributed by atoms with Crippen LogP contribution < -0.4 is 5.73 Å². The highest BCUT2D eigenvalue weighted by Crippen LogP contribution is 2.41. The molecule has 3 aliphatic heterocycles. The van der Waals surface area contributed by atoms with Gasteiger partial charge in [-0.2, -0.15) is 0 Å². The topological polar surface area (TPSA) is 127 Å².